The van der Waals surface area contributed by atoms with Gasteiger partial charge in [0.2, 0.25) is 0 Å². The molecule has 0 saturated heterocycles. The average Bonchev–Trinajstić information content (AvgIpc) is 2.83. The first-order valence-corrected chi connectivity index (χ1v) is 6.00. The molecule has 5 heteroatoms. The minimum Gasteiger partial charge on any atom is -0.331 e. The second-order valence-corrected chi connectivity index (χ2v) is 4.61. The van der Waals surface area contributed by atoms with Gasteiger partial charge >= 0.3 is 6.03 Å². The maximum absolute atomic E-state index is 11.8. The number of aromatic nitrogens is 2. The molecule has 0 aliphatic heterocycles. The zero-order chi connectivity index (χ0) is 12.3. The van der Waals surface area contributed by atoms with E-state index in [1.165, 1.54) is 10.9 Å². The van der Waals surface area contributed by atoms with Crippen LogP contribution in [0.2, 0.25) is 0 Å². The average molecular weight is 294 g/mol. The van der Waals surface area contributed by atoms with Gasteiger partial charge in [-0.25, -0.2) is 9.78 Å². The first-order chi connectivity index (χ1) is 8.16. The number of benzene rings is 1. The van der Waals surface area contributed by atoms with Crippen LogP contribution in [-0.2, 0) is 0 Å². The number of halogens is 1. The summed E-state index contributed by atoms with van der Waals surface area (Å²) in [6.07, 6.45) is 4.66. The second kappa shape index (κ2) is 5.14. The highest BCUT2D eigenvalue weighted by Crippen LogP contribution is 2.16. The lowest BCUT2D eigenvalue weighted by atomic mass is 10.1. The molecular formula is C12H12BrN3O. The van der Waals surface area contributed by atoms with Crippen LogP contribution in [0, 0.1) is 0 Å². The van der Waals surface area contributed by atoms with Crippen molar-refractivity contribution in [2.24, 2.45) is 0 Å². The highest BCUT2D eigenvalue weighted by molar-refractivity contribution is 9.10. The zero-order valence-corrected chi connectivity index (χ0v) is 10.9. The third kappa shape index (κ3) is 2.94. The molecule has 0 radical (unpaired) electrons. The van der Waals surface area contributed by atoms with Crippen LogP contribution < -0.4 is 5.32 Å². The molecule has 1 atom stereocenters. The lowest BCUT2D eigenvalue weighted by Crippen LogP contribution is -2.30. The van der Waals surface area contributed by atoms with Crippen LogP contribution in [0.1, 0.15) is 18.5 Å². The van der Waals surface area contributed by atoms with Crippen LogP contribution in [-0.4, -0.2) is 15.6 Å². The Hall–Kier alpha value is -1.62. The minimum atomic E-state index is -0.182. The molecule has 1 aromatic carbocycles. The zero-order valence-electron chi connectivity index (χ0n) is 9.30. The largest absolute Gasteiger partial charge is 0.331 e. The van der Waals surface area contributed by atoms with E-state index in [1.807, 2.05) is 31.2 Å². The summed E-state index contributed by atoms with van der Waals surface area (Å²) in [5.41, 5.74) is 1.06. The van der Waals surface area contributed by atoms with Crippen molar-refractivity contribution in [3.8, 4) is 0 Å². The van der Waals surface area contributed by atoms with E-state index >= 15 is 0 Å². The van der Waals surface area contributed by atoms with Crippen molar-refractivity contribution in [2.45, 2.75) is 13.0 Å². The summed E-state index contributed by atoms with van der Waals surface area (Å²) in [4.78, 5) is 15.6. The first-order valence-electron chi connectivity index (χ1n) is 5.21. The summed E-state index contributed by atoms with van der Waals surface area (Å²) in [6, 6.07) is 7.63. The van der Waals surface area contributed by atoms with E-state index in [0.29, 0.717) is 0 Å². The summed E-state index contributed by atoms with van der Waals surface area (Å²) >= 11 is 3.38. The van der Waals surface area contributed by atoms with Gasteiger partial charge in [0.15, 0.2) is 0 Å². The Morgan fingerprint density at radius 1 is 1.41 bits per heavy atom. The SMILES string of the molecule is C[C@@H](NC(=O)n1ccnc1)c1ccc(Br)cc1. The minimum absolute atomic E-state index is 0.0435. The normalized spacial score (nSPS) is 12.1. The summed E-state index contributed by atoms with van der Waals surface area (Å²) in [5, 5.41) is 2.89. The summed E-state index contributed by atoms with van der Waals surface area (Å²) < 4.78 is 2.43. The van der Waals surface area contributed by atoms with Crippen LogP contribution in [0.3, 0.4) is 0 Å². The fourth-order valence-electron chi connectivity index (χ4n) is 1.47. The predicted octanol–water partition coefficient (Wildman–Crippen LogP) is 2.96. The maximum Gasteiger partial charge on any atom is 0.327 e. The number of imidazole rings is 1. The van der Waals surface area contributed by atoms with Crippen LogP contribution in [0.4, 0.5) is 4.79 Å². The van der Waals surface area contributed by atoms with Gasteiger partial charge in [0.25, 0.3) is 0 Å². The second-order valence-electron chi connectivity index (χ2n) is 3.69. The third-order valence-corrected chi connectivity index (χ3v) is 2.98. The lowest BCUT2D eigenvalue weighted by molar-refractivity contribution is 0.239. The molecule has 88 valence electrons. The van der Waals surface area contributed by atoms with E-state index in [1.54, 1.807) is 12.4 Å². The van der Waals surface area contributed by atoms with Crippen molar-refractivity contribution in [1.29, 1.82) is 0 Å². The van der Waals surface area contributed by atoms with Crippen molar-refractivity contribution < 1.29 is 4.79 Å². The van der Waals surface area contributed by atoms with E-state index in [9.17, 15) is 4.79 Å². The molecule has 17 heavy (non-hydrogen) atoms. The molecule has 0 saturated carbocycles. The highest BCUT2D eigenvalue weighted by Gasteiger charge is 2.10. The molecule has 0 bridgehead atoms. The number of hydrogen-bond donors (Lipinski definition) is 1. The predicted molar refractivity (Wildman–Crippen MR) is 68.7 cm³/mol. The van der Waals surface area contributed by atoms with Crippen molar-refractivity contribution in [2.75, 3.05) is 0 Å². The van der Waals surface area contributed by atoms with Gasteiger partial charge in [0, 0.05) is 16.9 Å². The Morgan fingerprint density at radius 3 is 2.71 bits per heavy atom. The Morgan fingerprint density at radius 2 is 2.12 bits per heavy atom. The van der Waals surface area contributed by atoms with E-state index in [4.69, 9.17) is 0 Å². The number of rotatable bonds is 2. The fourth-order valence-corrected chi connectivity index (χ4v) is 1.74. The van der Waals surface area contributed by atoms with Gasteiger partial charge in [-0.3, -0.25) is 4.57 Å². The Kier molecular flexibility index (Phi) is 3.58. The molecule has 2 rings (SSSR count). The van der Waals surface area contributed by atoms with Crippen LogP contribution in [0.5, 0.6) is 0 Å². The smallest absolute Gasteiger partial charge is 0.327 e. The molecule has 1 N–H and O–H groups in total. The molecule has 0 unspecified atom stereocenters. The molecule has 1 aromatic heterocycles. The Bertz CT molecular complexity index is 493. The van der Waals surface area contributed by atoms with E-state index in [2.05, 4.69) is 26.2 Å². The Balaban J connectivity index is 2.04. The number of nitrogens with zero attached hydrogens (tertiary/aromatic N) is 2. The van der Waals surface area contributed by atoms with Gasteiger partial charge in [-0.2, -0.15) is 0 Å². The molecule has 0 aliphatic rings. The van der Waals surface area contributed by atoms with Gasteiger partial charge in [0.1, 0.15) is 6.33 Å². The van der Waals surface area contributed by atoms with Crippen molar-refractivity contribution >= 4 is 22.0 Å². The monoisotopic (exact) mass is 293 g/mol. The van der Waals surface area contributed by atoms with E-state index in [0.717, 1.165) is 10.0 Å². The van der Waals surface area contributed by atoms with Crippen LogP contribution >= 0.6 is 15.9 Å². The maximum atomic E-state index is 11.8. The number of carbonyl (C=O) groups excluding carboxylic acids is 1. The summed E-state index contributed by atoms with van der Waals surface area (Å²) in [6.45, 7) is 1.94. The number of amides is 1. The quantitative estimate of drug-likeness (QED) is 0.925. The molecule has 0 fully saturated rings. The van der Waals surface area contributed by atoms with Crippen molar-refractivity contribution in [3.05, 3.63) is 53.0 Å². The number of hydrogen-bond acceptors (Lipinski definition) is 2. The topological polar surface area (TPSA) is 46.9 Å². The highest BCUT2D eigenvalue weighted by atomic mass is 79.9. The van der Waals surface area contributed by atoms with E-state index < -0.39 is 0 Å². The van der Waals surface area contributed by atoms with Gasteiger partial charge in [-0.05, 0) is 24.6 Å². The van der Waals surface area contributed by atoms with Gasteiger partial charge < -0.3 is 5.32 Å². The standard InChI is InChI=1S/C12H12BrN3O/c1-9(10-2-4-11(13)5-3-10)15-12(17)16-7-6-14-8-16/h2-9H,1H3,(H,15,17)/t9-/m1/s1. The molecule has 2 aromatic rings. The first kappa shape index (κ1) is 11.9. The molecule has 1 heterocycles. The number of carbonyl (C=O) groups is 1. The molecule has 0 spiro atoms. The van der Waals surface area contributed by atoms with Gasteiger partial charge in [0.05, 0.1) is 6.04 Å². The Labute approximate surface area is 108 Å². The fraction of sp³-hybridized carbons (Fsp3) is 0.167. The molecule has 1 amide bonds. The summed E-state index contributed by atoms with van der Waals surface area (Å²) in [5.74, 6) is 0. The van der Waals surface area contributed by atoms with Crippen molar-refractivity contribution in [3.63, 3.8) is 0 Å². The van der Waals surface area contributed by atoms with E-state index in [-0.39, 0.29) is 12.1 Å². The van der Waals surface area contributed by atoms with Gasteiger partial charge in [-0.1, -0.05) is 28.1 Å². The van der Waals surface area contributed by atoms with Crippen molar-refractivity contribution in [1.82, 2.24) is 14.9 Å². The number of nitrogens with one attached hydrogen (secondary N) is 1. The van der Waals surface area contributed by atoms with Gasteiger partial charge in [-0.15, -0.1) is 0 Å². The summed E-state index contributed by atoms with van der Waals surface area (Å²) in [7, 11) is 0. The van der Waals surface area contributed by atoms with Crippen LogP contribution in [0.25, 0.3) is 0 Å². The third-order valence-electron chi connectivity index (χ3n) is 2.45. The molecular weight excluding hydrogens is 282 g/mol. The molecule has 4 nitrogen and oxygen atoms in total. The lowest BCUT2D eigenvalue weighted by Gasteiger charge is -2.14. The molecule has 0 aliphatic carbocycles. The van der Waals surface area contributed by atoms with Crippen LogP contribution in [0.15, 0.2) is 47.5 Å².